The van der Waals surface area contributed by atoms with Crippen molar-refractivity contribution in [2.24, 2.45) is 0 Å². The molecule has 2 aromatic carbocycles. The summed E-state index contributed by atoms with van der Waals surface area (Å²) in [5.41, 5.74) is 1.93. The van der Waals surface area contributed by atoms with Crippen molar-refractivity contribution in [1.29, 1.82) is 0 Å². The normalized spacial score (nSPS) is 12.0. The van der Waals surface area contributed by atoms with Gasteiger partial charge in [0.15, 0.2) is 6.61 Å². The van der Waals surface area contributed by atoms with Crippen molar-refractivity contribution >= 4 is 34.2 Å². The highest BCUT2D eigenvalue weighted by atomic mass is 35.5. The minimum atomic E-state index is -0.471. The second-order valence-electron chi connectivity index (χ2n) is 6.07. The smallest absolute Gasteiger partial charge is 0.271 e. The zero-order valence-electron chi connectivity index (χ0n) is 14.7. The highest BCUT2D eigenvalue weighted by molar-refractivity contribution is 6.30. The second-order valence-corrected chi connectivity index (χ2v) is 6.50. The fraction of sp³-hybridized carbons (Fsp3) is 0.222. The molecule has 2 N–H and O–H groups in total. The molecule has 9 heteroatoms. The molecule has 0 aliphatic rings. The van der Waals surface area contributed by atoms with Gasteiger partial charge in [-0.25, -0.2) is 4.98 Å². The van der Waals surface area contributed by atoms with Gasteiger partial charge in [-0.3, -0.25) is 14.9 Å². The molecule has 0 radical (unpaired) electrons. The molecule has 0 saturated heterocycles. The van der Waals surface area contributed by atoms with Gasteiger partial charge >= 0.3 is 0 Å². The van der Waals surface area contributed by atoms with Crippen molar-refractivity contribution in [3.05, 3.63) is 62.9 Å². The van der Waals surface area contributed by atoms with E-state index in [-0.39, 0.29) is 18.2 Å². The number of aryl methyl sites for hydroxylation is 1. The van der Waals surface area contributed by atoms with E-state index in [1.54, 1.807) is 31.2 Å². The highest BCUT2D eigenvalue weighted by Gasteiger charge is 2.16. The van der Waals surface area contributed by atoms with Crippen LogP contribution in [0.5, 0.6) is 5.75 Å². The van der Waals surface area contributed by atoms with Crippen LogP contribution in [0.15, 0.2) is 36.4 Å². The molecule has 8 nitrogen and oxygen atoms in total. The minimum absolute atomic E-state index is 0.0267. The van der Waals surface area contributed by atoms with Crippen LogP contribution in [-0.4, -0.2) is 27.4 Å². The Bertz CT molecular complexity index is 1020. The molecule has 1 unspecified atom stereocenters. The van der Waals surface area contributed by atoms with Gasteiger partial charge < -0.3 is 15.0 Å². The Labute approximate surface area is 159 Å². The monoisotopic (exact) mass is 388 g/mol. The number of fused-ring (bicyclic) bond motifs is 1. The molecule has 27 heavy (non-hydrogen) atoms. The summed E-state index contributed by atoms with van der Waals surface area (Å²) < 4.78 is 5.52. The van der Waals surface area contributed by atoms with Gasteiger partial charge in [-0.2, -0.15) is 0 Å². The molecule has 0 spiro atoms. The van der Waals surface area contributed by atoms with E-state index in [9.17, 15) is 14.9 Å². The first-order valence-corrected chi connectivity index (χ1v) is 8.53. The molecule has 0 bridgehead atoms. The molecule has 1 aromatic heterocycles. The summed E-state index contributed by atoms with van der Waals surface area (Å²) in [4.78, 5) is 29.9. The highest BCUT2D eigenvalue weighted by Crippen LogP contribution is 2.22. The summed E-state index contributed by atoms with van der Waals surface area (Å²) >= 11 is 5.89. The number of nitrogens with one attached hydrogen (secondary N) is 2. The Kier molecular flexibility index (Phi) is 5.27. The molecule has 0 fully saturated rings. The number of nitro groups is 1. The van der Waals surface area contributed by atoms with E-state index in [2.05, 4.69) is 15.3 Å². The van der Waals surface area contributed by atoms with E-state index in [1.165, 1.54) is 12.1 Å². The topological polar surface area (TPSA) is 110 Å². The first-order chi connectivity index (χ1) is 12.8. The van der Waals surface area contributed by atoms with Crippen LogP contribution in [0.2, 0.25) is 5.02 Å². The van der Waals surface area contributed by atoms with Crippen molar-refractivity contribution in [1.82, 2.24) is 15.3 Å². The van der Waals surface area contributed by atoms with Gasteiger partial charge in [0.25, 0.3) is 11.6 Å². The predicted octanol–water partition coefficient (Wildman–Crippen LogP) is 3.69. The van der Waals surface area contributed by atoms with Gasteiger partial charge in [-0.15, -0.1) is 0 Å². The third-order valence-electron chi connectivity index (χ3n) is 3.98. The lowest BCUT2D eigenvalue weighted by molar-refractivity contribution is -0.384. The summed E-state index contributed by atoms with van der Waals surface area (Å²) in [6.07, 6.45) is 0. The van der Waals surface area contributed by atoms with E-state index in [0.717, 1.165) is 5.56 Å². The Balaban J connectivity index is 1.63. The quantitative estimate of drug-likeness (QED) is 0.494. The van der Waals surface area contributed by atoms with E-state index in [4.69, 9.17) is 16.3 Å². The summed E-state index contributed by atoms with van der Waals surface area (Å²) in [5, 5.41) is 14.2. The average molecular weight is 389 g/mol. The zero-order valence-corrected chi connectivity index (χ0v) is 15.4. The number of ether oxygens (including phenoxy) is 1. The van der Waals surface area contributed by atoms with Gasteiger partial charge in [0, 0.05) is 17.2 Å². The lowest BCUT2D eigenvalue weighted by atomic mass is 10.2. The van der Waals surface area contributed by atoms with Gasteiger partial charge in [0.05, 0.1) is 22.0 Å². The van der Waals surface area contributed by atoms with Crippen LogP contribution < -0.4 is 10.1 Å². The van der Waals surface area contributed by atoms with Crippen LogP contribution in [0.25, 0.3) is 11.0 Å². The van der Waals surface area contributed by atoms with Crippen LogP contribution in [-0.2, 0) is 4.79 Å². The van der Waals surface area contributed by atoms with Gasteiger partial charge in [0.2, 0.25) is 0 Å². The van der Waals surface area contributed by atoms with Crippen molar-refractivity contribution in [3.63, 3.8) is 0 Å². The van der Waals surface area contributed by atoms with E-state index in [0.29, 0.717) is 27.6 Å². The summed E-state index contributed by atoms with van der Waals surface area (Å²) in [6.45, 7) is 3.45. The molecule has 3 rings (SSSR count). The minimum Gasteiger partial charge on any atom is -0.484 e. The standard InChI is InChI=1S/C18H17ClN4O4/c1-10-7-12(19)3-6-16(10)27-9-17(24)20-11(2)18-21-14-5-4-13(23(25)26)8-15(14)22-18/h3-8,11H,9H2,1-2H3,(H,20,24)(H,21,22). The molecule has 3 aromatic rings. The summed E-state index contributed by atoms with van der Waals surface area (Å²) in [5.74, 6) is 0.767. The molecule has 140 valence electrons. The van der Waals surface area contributed by atoms with Gasteiger partial charge in [0.1, 0.15) is 11.6 Å². The van der Waals surface area contributed by atoms with Crippen LogP contribution in [0, 0.1) is 17.0 Å². The number of H-pyrrole nitrogens is 1. The number of aromatic nitrogens is 2. The first kappa shape index (κ1) is 18.7. The maximum atomic E-state index is 12.1. The molecule has 0 aliphatic heterocycles. The first-order valence-electron chi connectivity index (χ1n) is 8.16. The number of carbonyl (C=O) groups excluding carboxylic acids is 1. The number of benzene rings is 2. The van der Waals surface area contributed by atoms with Crippen LogP contribution >= 0.6 is 11.6 Å². The van der Waals surface area contributed by atoms with E-state index in [1.807, 2.05) is 6.92 Å². The molecule has 0 aliphatic carbocycles. The fourth-order valence-electron chi connectivity index (χ4n) is 2.61. The number of aromatic amines is 1. The molecule has 1 amide bonds. The number of non-ortho nitro benzene ring substituents is 1. The lowest BCUT2D eigenvalue weighted by Gasteiger charge is -2.13. The Hall–Kier alpha value is -3.13. The number of imidazole rings is 1. The zero-order chi connectivity index (χ0) is 19.6. The summed E-state index contributed by atoms with van der Waals surface area (Å²) in [6, 6.07) is 9.10. The number of rotatable bonds is 6. The molecular formula is C18H17ClN4O4. The lowest BCUT2D eigenvalue weighted by Crippen LogP contribution is -2.31. The maximum Gasteiger partial charge on any atom is 0.271 e. The number of carbonyl (C=O) groups is 1. The molecule has 0 saturated carbocycles. The fourth-order valence-corrected chi connectivity index (χ4v) is 2.83. The van der Waals surface area contributed by atoms with Crippen molar-refractivity contribution in [3.8, 4) is 5.75 Å². The Morgan fingerprint density at radius 1 is 1.37 bits per heavy atom. The van der Waals surface area contributed by atoms with Crippen LogP contribution in [0.1, 0.15) is 24.4 Å². The third-order valence-corrected chi connectivity index (χ3v) is 4.21. The molecular weight excluding hydrogens is 372 g/mol. The van der Waals surface area contributed by atoms with E-state index >= 15 is 0 Å². The SMILES string of the molecule is Cc1cc(Cl)ccc1OCC(=O)NC(C)c1nc2ccc([N+](=O)[O-])cc2[nH]1. The summed E-state index contributed by atoms with van der Waals surface area (Å²) in [7, 11) is 0. The third kappa shape index (κ3) is 4.35. The Morgan fingerprint density at radius 3 is 2.85 bits per heavy atom. The van der Waals surface area contributed by atoms with Crippen molar-refractivity contribution in [2.75, 3.05) is 6.61 Å². The second kappa shape index (κ2) is 7.63. The van der Waals surface area contributed by atoms with Crippen molar-refractivity contribution in [2.45, 2.75) is 19.9 Å². The largest absolute Gasteiger partial charge is 0.484 e. The number of nitro benzene ring substituents is 1. The number of hydrogen-bond donors (Lipinski definition) is 2. The maximum absolute atomic E-state index is 12.1. The van der Waals surface area contributed by atoms with Gasteiger partial charge in [-0.1, -0.05) is 11.6 Å². The van der Waals surface area contributed by atoms with Gasteiger partial charge in [-0.05, 0) is 43.7 Å². The van der Waals surface area contributed by atoms with Crippen LogP contribution in [0.4, 0.5) is 5.69 Å². The number of halogens is 1. The van der Waals surface area contributed by atoms with Crippen LogP contribution in [0.3, 0.4) is 0 Å². The Morgan fingerprint density at radius 2 is 2.15 bits per heavy atom. The van der Waals surface area contributed by atoms with E-state index < -0.39 is 11.0 Å². The van der Waals surface area contributed by atoms with Crippen molar-refractivity contribution < 1.29 is 14.5 Å². The number of amides is 1. The average Bonchev–Trinajstić information content (AvgIpc) is 3.04. The number of nitrogens with zero attached hydrogens (tertiary/aromatic N) is 2. The molecule has 1 atom stereocenters. The predicted molar refractivity (Wildman–Crippen MR) is 101 cm³/mol. The number of hydrogen-bond acceptors (Lipinski definition) is 5. The molecule has 1 heterocycles.